The molecule has 1 N–H and O–H groups in total. The average Bonchev–Trinajstić information content (AvgIpc) is 2.71. The van der Waals surface area contributed by atoms with Gasteiger partial charge in [0.2, 0.25) is 0 Å². The van der Waals surface area contributed by atoms with Crippen LogP contribution < -0.4 is 0 Å². The molecule has 0 unspecified atom stereocenters. The number of rotatable bonds is 3. The lowest BCUT2D eigenvalue weighted by Gasteiger charge is -2.23. The van der Waals surface area contributed by atoms with Crippen molar-refractivity contribution in [1.82, 2.24) is 0 Å². The standard InChI is InChI=1S/C12H13FO2S/c13-9-5-1-2-6-10(9)16-12(11(14)15)7-3-4-8-12/h1-2,5-6H,3-4,7-8H2,(H,14,15). The van der Waals surface area contributed by atoms with Gasteiger partial charge in [-0.2, -0.15) is 0 Å². The van der Waals surface area contributed by atoms with Crippen molar-refractivity contribution in [2.45, 2.75) is 35.3 Å². The van der Waals surface area contributed by atoms with Crippen molar-refractivity contribution in [1.29, 1.82) is 0 Å². The molecule has 0 radical (unpaired) electrons. The molecule has 1 aromatic carbocycles. The largest absolute Gasteiger partial charge is 0.480 e. The quantitative estimate of drug-likeness (QED) is 0.880. The zero-order valence-corrected chi connectivity index (χ0v) is 9.60. The average molecular weight is 240 g/mol. The van der Waals surface area contributed by atoms with Crippen LogP contribution in [-0.4, -0.2) is 15.8 Å². The highest BCUT2D eigenvalue weighted by molar-refractivity contribution is 8.01. The van der Waals surface area contributed by atoms with Gasteiger partial charge in [-0.15, -0.1) is 11.8 Å². The molecule has 0 atom stereocenters. The van der Waals surface area contributed by atoms with Crippen molar-refractivity contribution in [2.24, 2.45) is 0 Å². The number of benzene rings is 1. The van der Waals surface area contributed by atoms with E-state index in [-0.39, 0.29) is 5.82 Å². The Labute approximate surface area is 97.9 Å². The number of hydrogen-bond donors (Lipinski definition) is 1. The Bertz CT molecular complexity index is 400. The molecule has 0 amide bonds. The highest BCUT2D eigenvalue weighted by atomic mass is 32.2. The van der Waals surface area contributed by atoms with Crippen molar-refractivity contribution in [3.8, 4) is 0 Å². The van der Waals surface area contributed by atoms with Gasteiger partial charge in [-0.05, 0) is 25.0 Å². The van der Waals surface area contributed by atoms with Gasteiger partial charge in [0.05, 0.1) is 0 Å². The minimum atomic E-state index is -0.821. The Balaban J connectivity index is 2.25. The molecule has 1 saturated carbocycles. The molecule has 1 aliphatic carbocycles. The molecule has 86 valence electrons. The van der Waals surface area contributed by atoms with Crippen LogP contribution in [0.15, 0.2) is 29.2 Å². The van der Waals surface area contributed by atoms with Crippen molar-refractivity contribution >= 4 is 17.7 Å². The van der Waals surface area contributed by atoms with Crippen LogP contribution >= 0.6 is 11.8 Å². The fourth-order valence-corrected chi connectivity index (χ4v) is 3.36. The van der Waals surface area contributed by atoms with Crippen LogP contribution in [0.2, 0.25) is 0 Å². The van der Waals surface area contributed by atoms with E-state index in [0.29, 0.717) is 17.7 Å². The number of carbonyl (C=O) groups is 1. The maximum Gasteiger partial charge on any atom is 0.320 e. The molecule has 0 bridgehead atoms. The molecule has 1 aromatic rings. The number of carboxylic acid groups (broad SMARTS) is 1. The number of hydrogen-bond acceptors (Lipinski definition) is 2. The van der Waals surface area contributed by atoms with E-state index in [1.807, 2.05) is 0 Å². The number of halogens is 1. The molecular formula is C12H13FO2S. The van der Waals surface area contributed by atoms with Gasteiger partial charge in [0.15, 0.2) is 0 Å². The van der Waals surface area contributed by atoms with E-state index in [4.69, 9.17) is 0 Å². The fourth-order valence-electron chi connectivity index (χ4n) is 2.04. The molecular weight excluding hydrogens is 227 g/mol. The summed E-state index contributed by atoms with van der Waals surface area (Å²) < 4.78 is 12.6. The SMILES string of the molecule is O=C(O)C1(Sc2ccccc2F)CCCC1. The minimum absolute atomic E-state index is 0.333. The number of thioether (sulfide) groups is 1. The molecule has 16 heavy (non-hydrogen) atoms. The normalized spacial score (nSPS) is 18.6. The monoisotopic (exact) mass is 240 g/mol. The van der Waals surface area contributed by atoms with Crippen molar-refractivity contribution in [3.05, 3.63) is 30.1 Å². The molecule has 0 aliphatic heterocycles. The van der Waals surface area contributed by atoms with E-state index in [9.17, 15) is 14.3 Å². The Morgan fingerprint density at radius 3 is 2.50 bits per heavy atom. The highest BCUT2D eigenvalue weighted by Gasteiger charge is 2.42. The van der Waals surface area contributed by atoms with Crippen LogP contribution in [0, 0.1) is 5.82 Å². The molecule has 1 aliphatic rings. The lowest BCUT2D eigenvalue weighted by molar-refractivity contribution is -0.139. The molecule has 0 saturated heterocycles. The van der Waals surface area contributed by atoms with Crippen molar-refractivity contribution in [2.75, 3.05) is 0 Å². The molecule has 0 heterocycles. The van der Waals surface area contributed by atoms with Gasteiger partial charge >= 0.3 is 5.97 Å². The fraction of sp³-hybridized carbons (Fsp3) is 0.417. The van der Waals surface area contributed by atoms with Crippen LogP contribution in [0.1, 0.15) is 25.7 Å². The summed E-state index contributed by atoms with van der Waals surface area (Å²) in [5.41, 5.74) is 0. The predicted molar refractivity (Wildman–Crippen MR) is 61.1 cm³/mol. The zero-order valence-electron chi connectivity index (χ0n) is 8.78. The van der Waals surface area contributed by atoms with Crippen molar-refractivity contribution < 1.29 is 14.3 Å². The first-order valence-corrected chi connectivity index (χ1v) is 6.13. The van der Waals surface area contributed by atoms with Crippen LogP contribution in [0.25, 0.3) is 0 Å². The number of carboxylic acids is 1. The maximum absolute atomic E-state index is 13.5. The predicted octanol–water partition coefficient (Wildman–Crippen LogP) is 3.32. The first-order valence-electron chi connectivity index (χ1n) is 5.31. The summed E-state index contributed by atoms with van der Waals surface area (Å²) in [6.45, 7) is 0. The highest BCUT2D eigenvalue weighted by Crippen LogP contribution is 2.46. The van der Waals surface area contributed by atoms with E-state index >= 15 is 0 Å². The number of aliphatic carboxylic acids is 1. The Kier molecular flexibility index (Phi) is 3.19. The smallest absolute Gasteiger partial charge is 0.320 e. The first-order chi connectivity index (χ1) is 7.64. The van der Waals surface area contributed by atoms with Gasteiger partial charge in [-0.25, -0.2) is 4.39 Å². The Morgan fingerprint density at radius 1 is 1.31 bits per heavy atom. The zero-order chi connectivity index (χ0) is 11.6. The second-order valence-electron chi connectivity index (χ2n) is 4.04. The third-order valence-corrected chi connectivity index (χ3v) is 4.47. The van der Waals surface area contributed by atoms with Gasteiger partial charge < -0.3 is 5.11 Å². The molecule has 1 fully saturated rings. The lowest BCUT2D eigenvalue weighted by atomic mass is 10.1. The van der Waals surface area contributed by atoms with E-state index in [1.54, 1.807) is 18.2 Å². The van der Waals surface area contributed by atoms with Crippen LogP contribution in [-0.2, 0) is 4.79 Å². The Morgan fingerprint density at radius 2 is 1.94 bits per heavy atom. The van der Waals surface area contributed by atoms with Crippen molar-refractivity contribution in [3.63, 3.8) is 0 Å². The summed E-state index contributed by atoms with van der Waals surface area (Å²) in [5.74, 6) is -1.15. The second-order valence-corrected chi connectivity index (χ2v) is 5.46. The maximum atomic E-state index is 13.5. The van der Waals surface area contributed by atoms with Gasteiger partial charge in [-0.1, -0.05) is 25.0 Å². The van der Waals surface area contributed by atoms with E-state index < -0.39 is 10.7 Å². The van der Waals surface area contributed by atoms with Gasteiger partial charge in [-0.3, -0.25) is 4.79 Å². The first kappa shape index (κ1) is 11.5. The van der Waals surface area contributed by atoms with E-state index in [2.05, 4.69) is 0 Å². The third-order valence-electron chi connectivity index (χ3n) is 2.94. The summed E-state index contributed by atoms with van der Waals surface area (Å²) in [4.78, 5) is 11.7. The summed E-state index contributed by atoms with van der Waals surface area (Å²) in [5, 5.41) is 9.27. The van der Waals surface area contributed by atoms with E-state index in [1.165, 1.54) is 6.07 Å². The summed E-state index contributed by atoms with van der Waals surface area (Å²) in [6, 6.07) is 6.35. The topological polar surface area (TPSA) is 37.3 Å². The molecule has 0 aromatic heterocycles. The minimum Gasteiger partial charge on any atom is -0.480 e. The summed E-state index contributed by atoms with van der Waals surface area (Å²) in [6.07, 6.45) is 3.07. The molecule has 0 spiro atoms. The third kappa shape index (κ3) is 2.07. The van der Waals surface area contributed by atoms with Gasteiger partial charge in [0, 0.05) is 4.90 Å². The van der Waals surface area contributed by atoms with Gasteiger partial charge in [0.1, 0.15) is 10.6 Å². The lowest BCUT2D eigenvalue weighted by Crippen LogP contribution is -2.31. The summed E-state index contributed by atoms with van der Waals surface area (Å²) >= 11 is 1.16. The Hall–Kier alpha value is -1.03. The second kappa shape index (κ2) is 4.45. The van der Waals surface area contributed by atoms with E-state index in [0.717, 1.165) is 24.6 Å². The van der Waals surface area contributed by atoms with Crippen LogP contribution in [0.4, 0.5) is 4.39 Å². The van der Waals surface area contributed by atoms with Gasteiger partial charge in [0.25, 0.3) is 0 Å². The molecule has 2 rings (SSSR count). The molecule has 4 heteroatoms. The van der Waals surface area contributed by atoms with Crippen LogP contribution in [0.5, 0.6) is 0 Å². The molecule has 2 nitrogen and oxygen atoms in total. The summed E-state index contributed by atoms with van der Waals surface area (Å²) in [7, 11) is 0. The van der Waals surface area contributed by atoms with Crippen LogP contribution in [0.3, 0.4) is 0 Å².